The zero-order valence-corrected chi connectivity index (χ0v) is 11.9. The van der Waals surface area contributed by atoms with Crippen molar-refractivity contribution in [2.45, 2.75) is 58.0 Å². The molecular weight excluding hydrogens is 212 g/mol. The fourth-order valence-electron chi connectivity index (χ4n) is 2.99. The Morgan fingerprint density at radius 2 is 1.94 bits per heavy atom. The van der Waals surface area contributed by atoms with Crippen LogP contribution in [0.4, 0.5) is 0 Å². The topological polar surface area (TPSA) is 24.5 Å². The molecule has 1 saturated carbocycles. The average Bonchev–Trinajstić information content (AvgIpc) is 2.57. The fourth-order valence-corrected chi connectivity index (χ4v) is 2.99. The lowest BCUT2D eigenvalue weighted by atomic mass is 10.0. The lowest BCUT2D eigenvalue weighted by molar-refractivity contribution is 0.103. The van der Waals surface area contributed by atoms with Gasteiger partial charge in [0.1, 0.15) is 0 Å². The van der Waals surface area contributed by atoms with Gasteiger partial charge in [-0.05, 0) is 25.9 Å². The summed E-state index contributed by atoms with van der Waals surface area (Å²) in [7, 11) is 1.79. The number of rotatable bonds is 7. The van der Waals surface area contributed by atoms with Gasteiger partial charge < -0.3 is 10.1 Å². The second-order valence-electron chi connectivity index (χ2n) is 4.99. The van der Waals surface area contributed by atoms with E-state index in [1.807, 2.05) is 0 Å². The Bertz CT molecular complexity index is 187. The predicted octanol–water partition coefficient (Wildman–Crippen LogP) is 2.27. The lowest BCUT2D eigenvalue weighted by Crippen LogP contribution is -2.50. The quantitative estimate of drug-likeness (QED) is 0.693. The fraction of sp³-hybridized carbons (Fsp3) is 1.00. The van der Waals surface area contributed by atoms with Crippen LogP contribution in [-0.4, -0.2) is 50.3 Å². The van der Waals surface area contributed by atoms with E-state index in [1.165, 1.54) is 32.1 Å². The molecule has 2 unspecified atom stereocenters. The Morgan fingerprint density at radius 1 is 1.18 bits per heavy atom. The first kappa shape index (κ1) is 14.9. The van der Waals surface area contributed by atoms with Crippen LogP contribution in [-0.2, 0) is 4.74 Å². The normalized spacial score (nSPS) is 26.1. The van der Waals surface area contributed by atoms with Gasteiger partial charge in [0.25, 0.3) is 0 Å². The van der Waals surface area contributed by atoms with E-state index in [1.54, 1.807) is 7.11 Å². The first-order valence-electron chi connectivity index (χ1n) is 7.29. The molecule has 0 aliphatic heterocycles. The summed E-state index contributed by atoms with van der Waals surface area (Å²) in [5, 5.41) is 3.68. The van der Waals surface area contributed by atoms with Crippen molar-refractivity contribution in [3.05, 3.63) is 0 Å². The Labute approximate surface area is 107 Å². The van der Waals surface area contributed by atoms with Crippen LogP contribution >= 0.6 is 0 Å². The molecule has 0 aromatic carbocycles. The minimum Gasteiger partial charge on any atom is -0.383 e. The first-order valence-corrected chi connectivity index (χ1v) is 7.29. The van der Waals surface area contributed by atoms with Crippen molar-refractivity contribution in [2.24, 2.45) is 0 Å². The molecule has 1 rings (SSSR count). The molecule has 0 bridgehead atoms. The van der Waals surface area contributed by atoms with Gasteiger partial charge in [0, 0.05) is 25.7 Å². The zero-order chi connectivity index (χ0) is 12.5. The highest BCUT2D eigenvalue weighted by molar-refractivity contribution is 4.86. The standard InChI is InChI=1S/C14H30N2O/c1-4-15-13-9-7-6-8-10-14(13)16(5-2)11-12-17-3/h13-15H,4-12H2,1-3H3. The highest BCUT2D eigenvalue weighted by Crippen LogP contribution is 2.22. The van der Waals surface area contributed by atoms with Gasteiger partial charge in [0.2, 0.25) is 0 Å². The van der Waals surface area contributed by atoms with E-state index in [0.717, 1.165) is 26.2 Å². The molecule has 0 heterocycles. The van der Waals surface area contributed by atoms with Crippen molar-refractivity contribution in [1.29, 1.82) is 0 Å². The van der Waals surface area contributed by atoms with Gasteiger partial charge >= 0.3 is 0 Å². The summed E-state index contributed by atoms with van der Waals surface area (Å²) in [6.45, 7) is 8.62. The Morgan fingerprint density at radius 3 is 2.59 bits per heavy atom. The highest BCUT2D eigenvalue weighted by atomic mass is 16.5. The number of hydrogen-bond donors (Lipinski definition) is 1. The molecule has 3 heteroatoms. The lowest BCUT2D eigenvalue weighted by Gasteiger charge is -2.36. The molecule has 2 atom stereocenters. The van der Waals surface area contributed by atoms with Gasteiger partial charge in [-0.3, -0.25) is 4.90 Å². The minimum atomic E-state index is 0.680. The summed E-state index contributed by atoms with van der Waals surface area (Å²) in [6.07, 6.45) is 6.85. The summed E-state index contributed by atoms with van der Waals surface area (Å²) in [6, 6.07) is 1.39. The summed E-state index contributed by atoms with van der Waals surface area (Å²) in [5.41, 5.74) is 0. The van der Waals surface area contributed by atoms with E-state index < -0.39 is 0 Å². The largest absolute Gasteiger partial charge is 0.383 e. The molecule has 1 aliphatic rings. The first-order chi connectivity index (χ1) is 8.33. The third kappa shape index (κ3) is 4.94. The molecule has 0 aromatic heterocycles. The maximum absolute atomic E-state index is 5.23. The molecule has 0 aromatic rings. The molecule has 0 radical (unpaired) electrons. The van der Waals surface area contributed by atoms with Gasteiger partial charge in [-0.1, -0.05) is 33.1 Å². The Hall–Kier alpha value is -0.120. The van der Waals surface area contributed by atoms with Crippen LogP contribution < -0.4 is 5.32 Å². The van der Waals surface area contributed by atoms with Gasteiger partial charge in [-0.2, -0.15) is 0 Å². The van der Waals surface area contributed by atoms with E-state index in [-0.39, 0.29) is 0 Å². The highest BCUT2D eigenvalue weighted by Gasteiger charge is 2.27. The predicted molar refractivity (Wildman–Crippen MR) is 73.5 cm³/mol. The summed E-state index contributed by atoms with van der Waals surface area (Å²) >= 11 is 0. The number of nitrogens with one attached hydrogen (secondary N) is 1. The van der Waals surface area contributed by atoms with E-state index in [2.05, 4.69) is 24.1 Å². The molecule has 0 amide bonds. The second-order valence-corrected chi connectivity index (χ2v) is 4.99. The van der Waals surface area contributed by atoms with Crippen molar-refractivity contribution < 1.29 is 4.74 Å². The van der Waals surface area contributed by atoms with E-state index in [9.17, 15) is 0 Å². The number of hydrogen-bond acceptors (Lipinski definition) is 3. The van der Waals surface area contributed by atoms with Crippen molar-refractivity contribution >= 4 is 0 Å². The van der Waals surface area contributed by atoms with Crippen LogP contribution in [0.2, 0.25) is 0 Å². The number of ether oxygens (including phenoxy) is 1. The van der Waals surface area contributed by atoms with Crippen LogP contribution in [0.25, 0.3) is 0 Å². The molecule has 0 spiro atoms. The molecule has 0 saturated heterocycles. The number of likely N-dealkylation sites (N-methyl/N-ethyl adjacent to an activating group) is 2. The smallest absolute Gasteiger partial charge is 0.0589 e. The van der Waals surface area contributed by atoms with Gasteiger partial charge in [0.15, 0.2) is 0 Å². The van der Waals surface area contributed by atoms with E-state index in [4.69, 9.17) is 4.74 Å². The van der Waals surface area contributed by atoms with Gasteiger partial charge in [0.05, 0.1) is 6.61 Å². The van der Waals surface area contributed by atoms with Crippen molar-refractivity contribution in [3.63, 3.8) is 0 Å². The molecule has 102 valence electrons. The zero-order valence-electron chi connectivity index (χ0n) is 11.9. The maximum atomic E-state index is 5.23. The van der Waals surface area contributed by atoms with Crippen LogP contribution in [0.3, 0.4) is 0 Å². The minimum absolute atomic E-state index is 0.680. The summed E-state index contributed by atoms with van der Waals surface area (Å²) in [5.74, 6) is 0. The molecule has 1 aliphatic carbocycles. The van der Waals surface area contributed by atoms with E-state index >= 15 is 0 Å². The van der Waals surface area contributed by atoms with Crippen molar-refractivity contribution in [1.82, 2.24) is 10.2 Å². The Kier molecular flexibility index (Phi) is 7.82. The summed E-state index contributed by atoms with van der Waals surface area (Å²) in [4.78, 5) is 2.60. The molecule has 1 fully saturated rings. The van der Waals surface area contributed by atoms with Crippen LogP contribution in [0.1, 0.15) is 46.0 Å². The van der Waals surface area contributed by atoms with Crippen LogP contribution in [0.15, 0.2) is 0 Å². The summed E-state index contributed by atoms with van der Waals surface area (Å²) < 4.78 is 5.23. The number of methoxy groups -OCH3 is 1. The Balaban J connectivity index is 2.57. The second kappa shape index (κ2) is 8.90. The molecule has 1 N–H and O–H groups in total. The van der Waals surface area contributed by atoms with Crippen LogP contribution in [0.5, 0.6) is 0 Å². The third-order valence-corrected chi connectivity index (χ3v) is 3.90. The molecular formula is C14H30N2O. The maximum Gasteiger partial charge on any atom is 0.0589 e. The van der Waals surface area contributed by atoms with Crippen molar-refractivity contribution in [2.75, 3.05) is 33.4 Å². The monoisotopic (exact) mass is 242 g/mol. The van der Waals surface area contributed by atoms with Gasteiger partial charge in [-0.25, -0.2) is 0 Å². The van der Waals surface area contributed by atoms with Crippen LogP contribution in [0, 0.1) is 0 Å². The van der Waals surface area contributed by atoms with E-state index in [0.29, 0.717) is 12.1 Å². The molecule has 3 nitrogen and oxygen atoms in total. The average molecular weight is 242 g/mol. The third-order valence-electron chi connectivity index (χ3n) is 3.90. The molecule has 17 heavy (non-hydrogen) atoms. The van der Waals surface area contributed by atoms with Crippen molar-refractivity contribution in [3.8, 4) is 0 Å². The van der Waals surface area contributed by atoms with Gasteiger partial charge in [-0.15, -0.1) is 0 Å². The SMILES string of the molecule is CCNC1CCCCCC1N(CC)CCOC. The number of nitrogens with zero attached hydrogens (tertiary/aromatic N) is 1.